The molecule has 144 valence electrons. The zero-order chi connectivity index (χ0) is 18.6. The highest BCUT2D eigenvalue weighted by atomic mass is 16.8. The second-order valence-electron chi connectivity index (χ2n) is 7.71. The van der Waals surface area contributed by atoms with Crippen LogP contribution in [0, 0.1) is 0 Å². The molecule has 0 radical (unpaired) electrons. The molecule has 0 amide bonds. The van der Waals surface area contributed by atoms with Gasteiger partial charge in [-0.3, -0.25) is 0 Å². The van der Waals surface area contributed by atoms with E-state index in [1.165, 1.54) is 6.08 Å². The van der Waals surface area contributed by atoms with Gasteiger partial charge in [0, 0.05) is 11.6 Å². The first-order valence-electron chi connectivity index (χ1n) is 9.16. The van der Waals surface area contributed by atoms with Crippen LogP contribution in [0.4, 0.5) is 0 Å². The van der Waals surface area contributed by atoms with Crippen LogP contribution in [0.2, 0.25) is 0 Å². The average Bonchev–Trinajstić information content (AvgIpc) is 3.33. The fraction of sp³-hybridized carbons (Fsp3) is 0.550. The molecule has 2 bridgehead atoms. The Kier molecular flexibility index (Phi) is 3.93. The molecule has 4 aliphatic rings. The molecule has 4 heterocycles. The van der Waals surface area contributed by atoms with E-state index >= 15 is 0 Å². The summed E-state index contributed by atoms with van der Waals surface area (Å²) in [4.78, 5) is 11.7. The van der Waals surface area contributed by atoms with E-state index in [0.29, 0.717) is 18.8 Å². The summed E-state index contributed by atoms with van der Waals surface area (Å²) in [6.45, 7) is 4.62. The van der Waals surface area contributed by atoms with Crippen LogP contribution in [-0.2, 0) is 39.8 Å². The van der Waals surface area contributed by atoms with Gasteiger partial charge in [0.1, 0.15) is 24.9 Å². The molecule has 7 nitrogen and oxygen atoms in total. The highest BCUT2D eigenvalue weighted by molar-refractivity contribution is 5.86. The number of ether oxygens (including phenoxy) is 6. The quantitative estimate of drug-likeness (QED) is 0.743. The molecule has 27 heavy (non-hydrogen) atoms. The minimum absolute atomic E-state index is 0.133. The maximum Gasteiger partial charge on any atom is 0.331 e. The number of carbonyl (C=O) groups is 1. The van der Waals surface area contributed by atoms with Crippen molar-refractivity contribution in [1.82, 2.24) is 0 Å². The van der Waals surface area contributed by atoms with Crippen molar-refractivity contribution >= 4 is 5.97 Å². The molecule has 0 aromatic heterocycles. The number of hydrogen-bond donors (Lipinski definition) is 0. The van der Waals surface area contributed by atoms with E-state index in [9.17, 15) is 4.79 Å². The van der Waals surface area contributed by atoms with Crippen molar-refractivity contribution in [2.45, 2.75) is 56.4 Å². The van der Waals surface area contributed by atoms with E-state index in [2.05, 4.69) is 0 Å². The van der Waals surface area contributed by atoms with Gasteiger partial charge in [-0.2, -0.15) is 0 Å². The Hall–Kier alpha value is -1.77. The van der Waals surface area contributed by atoms with E-state index in [0.717, 1.165) is 5.56 Å². The smallest absolute Gasteiger partial charge is 0.331 e. The van der Waals surface area contributed by atoms with Crippen LogP contribution in [0.15, 0.2) is 42.0 Å². The summed E-state index contributed by atoms with van der Waals surface area (Å²) in [5, 5.41) is 0. The van der Waals surface area contributed by atoms with Crippen molar-refractivity contribution in [3.05, 3.63) is 47.5 Å². The van der Waals surface area contributed by atoms with Gasteiger partial charge in [0.25, 0.3) is 0 Å². The van der Waals surface area contributed by atoms with Crippen LogP contribution in [-0.4, -0.2) is 55.2 Å². The second kappa shape index (κ2) is 6.12. The van der Waals surface area contributed by atoms with Crippen molar-refractivity contribution in [1.29, 1.82) is 0 Å². The summed E-state index contributed by atoms with van der Waals surface area (Å²) in [5.41, 5.74) is 0.659. The van der Waals surface area contributed by atoms with Gasteiger partial charge in [-0.1, -0.05) is 30.3 Å². The Morgan fingerprint density at radius 3 is 2.78 bits per heavy atom. The van der Waals surface area contributed by atoms with E-state index < -0.39 is 35.9 Å². The van der Waals surface area contributed by atoms with Gasteiger partial charge in [0.05, 0.1) is 13.2 Å². The summed E-state index contributed by atoms with van der Waals surface area (Å²) in [6.07, 6.45) is -0.331. The van der Waals surface area contributed by atoms with E-state index in [4.69, 9.17) is 28.4 Å². The lowest BCUT2D eigenvalue weighted by atomic mass is 9.82. The maximum atomic E-state index is 11.7. The molecule has 3 fully saturated rings. The molecule has 5 rings (SSSR count). The van der Waals surface area contributed by atoms with Crippen molar-refractivity contribution < 1.29 is 33.2 Å². The van der Waals surface area contributed by atoms with Crippen molar-refractivity contribution in [2.75, 3.05) is 13.2 Å². The molecular formula is C20H22O7. The molecule has 3 saturated heterocycles. The van der Waals surface area contributed by atoms with E-state index in [-0.39, 0.29) is 12.7 Å². The predicted molar refractivity (Wildman–Crippen MR) is 91.4 cm³/mol. The lowest BCUT2D eigenvalue weighted by Crippen LogP contribution is -2.63. The summed E-state index contributed by atoms with van der Waals surface area (Å²) >= 11 is 0. The van der Waals surface area contributed by atoms with Gasteiger partial charge in [-0.15, -0.1) is 0 Å². The summed E-state index contributed by atoms with van der Waals surface area (Å²) in [6, 6.07) is 9.92. The number of fused-ring (bicyclic) bond motifs is 4. The summed E-state index contributed by atoms with van der Waals surface area (Å²) in [5.74, 6) is -1.27. The molecule has 0 N–H and O–H groups in total. The molecule has 5 atom stereocenters. The first-order valence-corrected chi connectivity index (χ1v) is 9.16. The Balaban J connectivity index is 1.49. The molecule has 0 saturated carbocycles. The molecule has 0 unspecified atom stereocenters. The van der Waals surface area contributed by atoms with Gasteiger partial charge >= 0.3 is 5.97 Å². The standard InChI is InChI=1S/C20H22O7/c1-19(2)26-17-16(23-9-12-6-4-3-5-7-12)14-11-24-18(25-14)20(17,27-19)13-8-15(21)22-10-13/h3-8,14,16-18H,9-11H2,1-2H3/t14-,16+,17+,18-,20+/m1/s1. The number of esters is 1. The fourth-order valence-corrected chi connectivity index (χ4v) is 4.35. The minimum Gasteiger partial charge on any atom is -0.458 e. The number of benzene rings is 1. The van der Waals surface area contributed by atoms with Crippen LogP contribution in [0.1, 0.15) is 19.4 Å². The lowest BCUT2D eigenvalue weighted by molar-refractivity contribution is -0.246. The SMILES string of the molecule is CC1(C)O[C@H]2[C@@H](OCc3ccccc3)[C@H]3CO[C@H](O3)[C@@]2(C2=CC(=O)OC2)O1. The Morgan fingerprint density at radius 1 is 1.22 bits per heavy atom. The number of carbonyl (C=O) groups excluding carboxylic acids is 1. The van der Waals surface area contributed by atoms with E-state index in [1.807, 2.05) is 44.2 Å². The summed E-state index contributed by atoms with van der Waals surface area (Å²) in [7, 11) is 0. The van der Waals surface area contributed by atoms with Crippen molar-refractivity contribution in [3.63, 3.8) is 0 Å². The van der Waals surface area contributed by atoms with Gasteiger partial charge in [-0.05, 0) is 19.4 Å². The molecule has 4 aliphatic heterocycles. The number of hydrogen-bond acceptors (Lipinski definition) is 7. The predicted octanol–water partition coefficient (Wildman–Crippen LogP) is 1.70. The van der Waals surface area contributed by atoms with Crippen LogP contribution in [0.25, 0.3) is 0 Å². The lowest BCUT2D eigenvalue weighted by Gasteiger charge is -2.44. The molecular weight excluding hydrogens is 352 g/mol. The second-order valence-corrected chi connectivity index (χ2v) is 7.71. The average molecular weight is 374 g/mol. The van der Waals surface area contributed by atoms with Gasteiger partial charge in [0.2, 0.25) is 0 Å². The van der Waals surface area contributed by atoms with Crippen molar-refractivity contribution in [3.8, 4) is 0 Å². The summed E-state index contributed by atoms with van der Waals surface area (Å²) < 4.78 is 36.0. The number of cyclic esters (lactones) is 1. The molecule has 0 aliphatic carbocycles. The van der Waals surface area contributed by atoms with Gasteiger partial charge in [-0.25, -0.2) is 4.79 Å². The molecule has 1 aromatic rings. The van der Waals surface area contributed by atoms with Crippen LogP contribution in [0.5, 0.6) is 0 Å². The minimum atomic E-state index is -1.07. The highest BCUT2D eigenvalue weighted by Gasteiger charge is 2.70. The van der Waals surface area contributed by atoms with Crippen molar-refractivity contribution in [2.24, 2.45) is 0 Å². The normalized spacial score (nSPS) is 39.2. The topological polar surface area (TPSA) is 72.5 Å². The van der Waals surface area contributed by atoms with Gasteiger partial charge < -0.3 is 28.4 Å². The number of rotatable bonds is 4. The third-order valence-electron chi connectivity index (χ3n) is 5.42. The largest absolute Gasteiger partial charge is 0.458 e. The van der Waals surface area contributed by atoms with Crippen LogP contribution < -0.4 is 0 Å². The third-order valence-corrected chi connectivity index (χ3v) is 5.42. The zero-order valence-corrected chi connectivity index (χ0v) is 15.3. The first kappa shape index (κ1) is 17.3. The third kappa shape index (κ3) is 2.73. The highest BCUT2D eigenvalue weighted by Crippen LogP contribution is 2.53. The first-order chi connectivity index (χ1) is 13.0. The Labute approximate surface area is 157 Å². The van der Waals surface area contributed by atoms with Gasteiger partial charge in [0.15, 0.2) is 17.7 Å². The zero-order valence-electron chi connectivity index (χ0n) is 15.3. The fourth-order valence-electron chi connectivity index (χ4n) is 4.35. The molecule has 1 aromatic carbocycles. The van der Waals surface area contributed by atoms with Crippen LogP contribution in [0.3, 0.4) is 0 Å². The van der Waals surface area contributed by atoms with Crippen LogP contribution >= 0.6 is 0 Å². The Bertz CT molecular complexity index is 774. The van der Waals surface area contributed by atoms with E-state index in [1.54, 1.807) is 0 Å². The maximum absolute atomic E-state index is 11.7. The monoisotopic (exact) mass is 374 g/mol. The Morgan fingerprint density at radius 2 is 2.04 bits per heavy atom. The molecule has 7 heteroatoms. The molecule has 0 spiro atoms.